The maximum Gasteiger partial charge on any atom is 0.168 e. The fourth-order valence-corrected chi connectivity index (χ4v) is 3.49. The highest BCUT2D eigenvalue weighted by Gasteiger charge is 2.28. The van der Waals surface area contributed by atoms with Gasteiger partial charge in [0.1, 0.15) is 5.82 Å². The Morgan fingerprint density at radius 1 is 1.30 bits per heavy atom. The number of unbranched alkanes of at least 4 members (excludes halogenated alkanes) is 1. The maximum absolute atomic E-state index is 14.0. The van der Waals surface area contributed by atoms with Crippen LogP contribution >= 0.6 is 15.9 Å². The number of hydrogen-bond acceptors (Lipinski definition) is 1. The van der Waals surface area contributed by atoms with E-state index in [-0.39, 0.29) is 17.3 Å². The topological polar surface area (TPSA) is 17.1 Å². The molecule has 0 heterocycles. The Morgan fingerprint density at radius 2 is 2.00 bits per heavy atom. The summed E-state index contributed by atoms with van der Waals surface area (Å²) in [5.41, 5.74) is 0.247. The Labute approximate surface area is 129 Å². The molecular formula is C17H22BrFO. The fraction of sp³-hybridized carbons (Fsp3) is 0.588. The molecule has 1 nitrogen and oxygen atoms in total. The molecule has 0 aromatic heterocycles. The Balaban J connectivity index is 1.96. The zero-order chi connectivity index (χ0) is 14.5. The van der Waals surface area contributed by atoms with Gasteiger partial charge in [-0.2, -0.15) is 0 Å². The van der Waals surface area contributed by atoms with Crippen molar-refractivity contribution in [2.24, 2.45) is 11.8 Å². The minimum absolute atomic E-state index is 0.0108. The van der Waals surface area contributed by atoms with Crippen LogP contribution in [-0.2, 0) is 0 Å². The first-order chi connectivity index (χ1) is 9.63. The lowest BCUT2D eigenvalue weighted by Crippen LogP contribution is -2.23. The molecule has 2 rings (SSSR count). The van der Waals surface area contributed by atoms with Crippen molar-refractivity contribution in [1.82, 2.24) is 0 Å². The average Bonchev–Trinajstić information content (AvgIpc) is 2.48. The van der Waals surface area contributed by atoms with Crippen LogP contribution in [0, 0.1) is 17.7 Å². The van der Waals surface area contributed by atoms with Gasteiger partial charge >= 0.3 is 0 Å². The van der Waals surface area contributed by atoms with E-state index < -0.39 is 5.82 Å². The van der Waals surface area contributed by atoms with Crippen LogP contribution in [0.15, 0.2) is 22.7 Å². The van der Waals surface area contributed by atoms with E-state index in [4.69, 9.17) is 0 Å². The van der Waals surface area contributed by atoms with Crippen molar-refractivity contribution in [2.45, 2.75) is 51.9 Å². The molecule has 1 aliphatic carbocycles. The molecule has 1 aromatic rings. The van der Waals surface area contributed by atoms with Gasteiger partial charge in [0.2, 0.25) is 0 Å². The quantitative estimate of drug-likeness (QED) is 0.622. The van der Waals surface area contributed by atoms with Gasteiger partial charge in [0.25, 0.3) is 0 Å². The van der Waals surface area contributed by atoms with Crippen molar-refractivity contribution in [2.75, 3.05) is 0 Å². The maximum atomic E-state index is 14.0. The average molecular weight is 341 g/mol. The van der Waals surface area contributed by atoms with Gasteiger partial charge in [-0.3, -0.25) is 4.79 Å². The molecule has 0 amide bonds. The van der Waals surface area contributed by atoms with Crippen LogP contribution < -0.4 is 0 Å². The van der Waals surface area contributed by atoms with Crippen molar-refractivity contribution < 1.29 is 9.18 Å². The molecule has 110 valence electrons. The number of carbonyl (C=O) groups is 1. The van der Waals surface area contributed by atoms with E-state index in [0.717, 1.165) is 31.6 Å². The van der Waals surface area contributed by atoms with E-state index >= 15 is 0 Å². The van der Waals surface area contributed by atoms with Gasteiger partial charge in [-0.25, -0.2) is 4.39 Å². The second-order valence-electron chi connectivity index (χ2n) is 5.83. The van der Waals surface area contributed by atoms with E-state index in [1.54, 1.807) is 18.2 Å². The first-order valence-corrected chi connectivity index (χ1v) is 8.41. The van der Waals surface area contributed by atoms with Gasteiger partial charge in [0.15, 0.2) is 5.78 Å². The van der Waals surface area contributed by atoms with Gasteiger partial charge in [0.05, 0.1) is 10.0 Å². The first-order valence-electron chi connectivity index (χ1n) is 7.61. The predicted octanol–water partition coefficient (Wildman–Crippen LogP) is 5.77. The van der Waals surface area contributed by atoms with E-state index in [9.17, 15) is 9.18 Å². The Morgan fingerprint density at radius 3 is 2.65 bits per heavy atom. The van der Waals surface area contributed by atoms with Gasteiger partial charge in [-0.15, -0.1) is 0 Å². The van der Waals surface area contributed by atoms with Crippen LogP contribution in [0.25, 0.3) is 0 Å². The molecule has 1 aliphatic rings. The number of ketones is 1. The molecule has 0 radical (unpaired) electrons. The van der Waals surface area contributed by atoms with E-state index in [0.29, 0.717) is 4.47 Å². The third-order valence-electron chi connectivity index (χ3n) is 4.40. The van der Waals surface area contributed by atoms with E-state index in [1.165, 1.54) is 19.3 Å². The number of hydrogen-bond donors (Lipinski definition) is 0. The zero-order valence-corrected chi connectivity index (χ0v) is 13.6. The lowest BCUT2D eigenvalue weighted by Gasteiger charge is -2.27. The summed E-state index contributed by atoms with van der Waals surface area (Å²) >= 11 is 3.15. The van der Waals surface area contributed by atoms with Crippen molar-refractivity contribution in [3.8, 4) is 0 Å². The van der Waals surface area contributed by atoms with Gasteiger partial charge in [-0.1, -0.05) is 32.3 Å². The van der Waals surface area contributed by atoms with Crippen molar-refractivity contribution in [3.05, 3.63) is 34.1 Å². The Kier molecular flexibility index (Phi) is 5.76. The van der Waals surface area contributed by atoms with Crippen molar-refractivity contribution >= 4 is 21.7 Å². The molecule has 0 unspecified atom stereocenters. The van der Waals surface area contributed by atoms with Gasteiger partial charge in [-0.05, 0) is 59.7 Å². The highest BCUT2D eigenvalue weighted by Crippen LogP contribution is 2.34. The largest absolute Gasteiger partial charge is 0.294 e. The number of halogens is 2. The summed E-state index contributed by atoms with van der Waals surface area (Å²) in [6.07, 6.45) is 7.87. The summed E-state index contributed by atoms with van der Waals surface area (Å²) in [5.74, 6) is 0.353. The molecule has 20 heavy (non-hydrogen) atoms. The van der Waals surface area contributed by atoms with E-state index in [1.807, 2.05) is 0 Å². The number of Topliss-reactive ketones (excluding diaryl/α,β-unsaturated/α-hetero) is 1. The molecule has 0 N–H and O–H groups in total. The van der Waals surface area contributed by atoms with Crippen molar-refractivity contribution in [1.29, 1.82) is 0 Å². The lowest BCUT2D eigenvalue weighted by molar-refractivity contribution is 0.0865. The third kappa shape index (κ3) is 3.69. The molecular weight excluding hydrogens is 319 g/mol. The Hall–Kier alpha value is -0.700. The van der Waals surface area contributed by atoms with Crippen LogP contribution in [0.3, 0.4) is 0 Å². The van der Waals surface area contributed by atoms with Crippen LogP contribution in [0.1, 0.15) is 62.2 Å². The van der Waals surface area contributed by atoms with Crippen LogP contribution in [0.2, 0.25) is 0 Å². The molecule has 1 saturated carbocycles. The van der Waals surface area contributed by atoms with Gasteiger partial charge < -0.3 is 0 Å². The monoisotopic (exact) mass is 340 g/mol. The summed E-state index contributed by atoms with van der Waals surface area (Å²) in [4.78, 5) is 12.4. The summed E-state index contributed by atoms with van der Waals surface area (Å²) in [6.45, 7) is 2.21. The number of benzene rings is 1. The highest BCUT2D eigenvalue weighted by atomic mass is 79.9. The minimum Gasteiger partial charge on any atom is -0.294 e. The Bertz CT molecular complexity index is 464. The predicted molar refractivity (Wildman–Crippen MR) is 83.4 cm³/mol. The lowest BCUT2D eigenvalue weighted by atomic mass is 9.77. The highest BCUT2D eigenvalue weighted by molar-refractivity contribution is 9.10. The summed E-state index contributed by atoms with van der Waals surface area (Å²) in [7, 11) is 0. The van der Waals surface area contributed by atoms with E-state index in [2.05, 4.69) is 22.9 Å². The van der Waals surface area contributed by atoms with Gasteiger partial charge in [0, 0.05) is 5.92 Å². The third-order valence-corrected chi connectivity index (χ3v) is 5.01. The molecule has 3 heteroatoms. The second-order valence-corrected chi connectivity index (χ2v) is 6.68. The molecule has 1 aromatic carbocycles. The molecule has 0 spiro atoms. The fourth-order valence-electron chi connectivity index (χ4n) is 3.12. The van der Waals surface area contributed by atoms with Crippen molar-refractivity contribution in [3.63, 3.8) is 0 Å². The normalized spacial score (nSPS) is 22.8. The number of carbonyl (C=O) groups excluding carboxylic acids is 1. The van der Waals surface area contributed by atoms with Crippen LogP contribution in [0.5, 0.6) is 0 Å². The first kappa shape index (κ1) is 15.7. The molecule has 0 saturated heterocycles. The van der Waals surface area contributed by atoms with Crippen LogP contribution in [-0.4, -0.2) is 5.78 Å². The molecule has 0 aliphatic heterocycles. The zero-order valence-electron chi connectivity index (χ0n) is 12.0. The summed E-state index contributed by atoms with van der Waals surface area (Å²) in [6, 6.07) is 4.96. The second kappa shape index (κ2) is 7.35. The molecule has 0 bridgehead atoms. The smallest absolute Gasteiger partial charge is 0.168 e. The minimum atomic E-state index is -0.411. The SMILES string of the molecule is CCCCC1CCC(C(=O)c2cccc(Br)c2F)CC1. The molecule has 1 fully saturated rings. The number of rotatable bonds is 5. The summed E-state index contributed by atoms with van der Waals surface area (Å²) < 4.78 is 14.4. The summed E-state index contributed by atoms with van der Waals surface area (Å²) in [5, 5.41) is 0. The van der Waals surface area contributed by atoms with Crippen LogP contribution in [0.4, 0.5) is 4.39 Å². The standard InChI is InChI=1S/C17H22BrFO/c1-2-3-5-12-8-10-13(11-9-12)17(20)14-6-4-7-15(18)16(14)19/h4,6-7,12-13H,2-3,5,8-11H2,1H3. The molecule has 0 atom stereocenters.